The molecule has 0 atom stereocenters. The van der Waals surface area contributed by atoms with Gasteiger partial charge in [0.15, 0.2) is 0 Å². The maximum absolute atomic E-state index is 13.0. The lowest BCUT2D eigenvalue weighted by Gasteiger charge is -1.99. The monoisotopic (exact) mass is 259 g/mol. The van der Waals surface area contributed by atoms with Crippen molar-refractivity contribution in [2.45, 2.75) is 6.54 Å². The third-order valence-corrected chi connectivity index (χ3v) is 2.66. The predicted octanol–water partition coefficient (Wildman–Crippen LogP) is 2.98. The smallest absolute Gasteiger partial charge is 0.141 e. The minimum absolute atomic E-state index is 0.0332. The molecule has 0 saturated carbocycles. The fourth-order valence-corrected chi connectivity index (χ4v) is 1.77. The highest BCUT2D eigenvalue weighted by Crippen LogP contribution is 2.28. The predicted molar refractivity (Wildman–Crippen MR) is 61.9 cm³/mol. The zero-order valence-corrected chi connectivity index (χ0v) is 9.61. The van der Waals surface area contributed by atoms with Crippen molar-refractivity contribution in [3.8, 4) is 11.3 Å². The van der Waals surface area contributed by atoms with Crippen molar-refractivity contribution in [2.24, 2.45) is 5.73 Å². The summed E-state index contributed by atoms with van der Waals surface area (Å²) in [4.78, 5) is 7.00. The van der Waals surface area contributed by atoms with Crippen molar-refractivity contribution in [2.75, 3.05) is 0 Å². The fourth-order valence-electron chi connectivity index (χ4n) is 1.33. The Kier molecular flexibility index (Phi) is 3.14. The highest BCUT2D eigenvalue weighted by molar-refractivity contribution is 6.32. The maximum Gasteiger partial charge on any atom is 0.141 e. The Morgan fingerprint density at radius 2 is 2.12 bits per heavy atom. The summed E-state index contributed by atoms with van der Waals surface area (Å²) in [7, 11) is 0. The van der Waals surface area contributed by atoms with E-state index in [9.17, 15) is 4.39 Å². The molecule has 1 aromatic heterocycles. The molecule has 2 aromatic rings. The van der Waals surface area contributed by atoms with Crippen molar-refractivity contribution < 1.29 is 4.39 Å². The van der Waals surface area contributed by atoms with E-state index in [2.05, 4.69) is 9.97 Å². The first-order valence-corrected chi connectivity index (χ1v) is 5.27. The fraction of sp³-hybridized carbons (Fsp3) is 0.100. The highest BCUT2D eigenvalue weighted by Gasteiger charge is 2.11. The summed E-state index contributed by atoms with van der Waals surface area (Å²) >= 11 is 11.6. The molecule has 0 radical (unpaired) electrons. The van der Waals surface area contributed by atoms with Crippen molar-refractivity contribution in [1.29, 1.82) is 0 Å². The average molecular weight is 260 g/mol. The molecule has 6 heteroatoms. The lowest BCUT2D eigenvalue weighted by molar-refractivity contribution is 0.628. The number of H-pyrrole nitrogens is 1. The van der Waals surface area contributed by atoms with Crippen molar-refractivity contribution >= 4 is 23.2 Å². The minimum atomic E-state index is -0.476. The van der Waals surface area contributed by atoms with Gasteiger partial charge in [0.1, 0.15) is 22.5 Å². The second kappa shape index (κ2) is 4.41. The van der Waals surface area contributed by atoms with Crippen LogP contribution >= 0.6 is 23.2 Å². The SMILES string of the molecule is NCc1nc(-c2ccc(F)c(Cl)c2)c(Cl)[nH]1. The van der Waals surface area contributed by atoms with Gasteiger partial charge >= 0.3 is 0 Å². The number of rotatable bonds is 2. The third-order valence-electron chi connectivity index (χ3n) is 2.10. The number of nitrogens with one attached hydrogen (secondary N) is 1. The first-order chi connectivity index (χ1) is 7.61. The number of imidazole rings is 1. The Labute approximate surface area is 101 Å². The number of hydrogen-bond donors (Lipinski definition) is 2. The van der Waals surface area contributed by atoms with Crippen LogP contribution in [0.1, 0.15) is 5.82 Å². The Morgan fingerprint density at radius 3 is 2.69 bits per heavy atom. The van der Waals surface area contributed by atoms with E-state index in [1.165, 1.54) is 12.1 Å². The van der Waals surface area contributed by atoms with Gasteiger partial charge in [0.2, 0.25) is 0 Å². The van der Waals surface area contributed by atoms with E-state index in [1.54, 1.807) is 6.07 Å². The lowest BCUT2D eigenvalue weighted by Crippen LogP contribution is -1.97. The number of hydrogen-bond acceptors (Lipinski definition) is 2. The minimum Gasteiger partial charge on any atom is -0.331 e. The molecule has 0 saturated heterocycles. The highest BCUT2D eigenvalue weighted by atomic mass is 35.5. The molecular weight excluding hydrogens is 252 g/mol. The molecule has 0 fully saturated rings. The second-order valence-electron chi connectivity index (χ2n) is 3.18. The van der Waals surface area contributed by atoms with Gasteiger partial charge in [0, 0.05) is 5.56 Å². The third kappa shape index (κ3) is 2.04. The molecule has 0 aliphatic heterocycles. The van der Waals surface area contributed by atoms with Crippen LogP contribution in [-0.2, 0) is 6.54 Å². The number of aromatic amines is 1. The van der Waals surface area contributed by atoms with Crippen LogP contribution in [0.5, 0.6) is 0 Å². The molecule has 3 nitrogen and oxygen atoms in total. The lowest BCUT2D eigenvalue weighted by atomic mass is 10.2. The molecule has 2 rings (SSSR count). The van der Waals surface area contributed by atoms with Gasteiger partial charge in [-0.3, -0.25) is 0 Å². The van der Waals surface area contributed by atoms with E-state index in [4.69, 9.17) is 28.9 Å². The summed E-state index contributed by atoms with van der Waals surface area (Å²) in [5, 5.41) is 0.397. The summed E-state index contributed by atoms with van der Waals surface area (Å²) < 4.78 is 13.0. The van der Waals surface area contributed by atoms with E-state index < -0.39 is 5.82 Å². The summed E-state index contributed by atoms with van der Waals surface area (Å²) in [6.07, 6.45) is 0. The van der Waals surface area contributed by atoms with Crippen LogP contribution in [0.2, 0.25) is 10.2 Å². The normalized spacial score (nSPS) is 10.8. The Hall–Kier alpha value is -1.10. The van der Waals surface area contributed by atoms with Crippen LogP contribution in [0.25, 0.3) is 11.3 Å². The van der Waals surface area contributed by atoms with Gasteiger partial charge in [-0.25, -0.2) is 9.37 Å². The summed E-state index contributed by atoms with van der Waals surface area (Å²) in [6.45, 7) is 0.259. The van der Waals surface area contributed by atoms with Gasteiger partial charge in [0.25, 0.3) is 0 Å². The van der Waals surface area contributed by atoms with E-state index in [0.29, 0.717) is 22.2 Å². The quantitative estimate of drug-likeness (QED) is 0.872. The van der Waals surface area contributed by atoms with E-state index in [1.807, 2.05) is 0 Å². The van der Waals surface area contributed by atoms with E-state index in [0.717, 1.165) is 0 Å². The average Bonchev–Trinajstić information content (AvgIpc) is 2.64. The molecule has 1 heterocycles. The van der Waals surface area contributed by atoms with Gasteiger partial charge in [-0.15, -0.1) is 0 Å². The molecule has 0 unspecified atom stereocenters. The molecule has 1 aromatic carbocycles. The van der Waals surface area contributed by atoms with E-state index >= 15 is 0 Å². The van der Waals surface area contributed by atoms with Gasteiger partial charge in [-0.1, -0.05) is 23.2 Å². The number of aromatic nitrogens is 2. The molecule has 0 aliphatic rings. The van der Waals surface area contributed by atoms with Crippen LogP contribution in [0.15, 0.2) is 18.2 Å². The maximum atomic E-state index is 13.0. The first kappa shape index (κ1) is 11.4. The number of halogens is 3. The van der Waals surface area contributed by atoms with Crippen LogP contribution in [0, 0.1) is 5.82 Å². The Morgan fingerprint density at radius 1 is 1.38 bits per heavy atom. The van der Waals surface area contributed by atoms with Crippen LogP contribution in [-0.4, -0.2) is 9.97 Å². The summed E-state index contributed by atoms with van der Waals surface area (Å²) in [6, 6.07) is 4.30. The van der Waals surface area contributed by atoms with Gasteiger partial charge in [-0.2, -0.15) is 0 Å². The zero-order valence-electron chi connectivity index (χ0n) is 8.10. The van der Waals surface area contributed by atoms with E-state index in [-0.39, 0.29) is 11.6 Å². The molecule has 0 aliphatic carbocycles. The first-order valence-electron chi connectivity index (χ1n) is 4.51. The van der Waals surface area contributed by atoms with Gasteiger partial charge in [-0.05, 0) is 18.2 Å². The van der Waals surface area contributed by atoms with Crippen molar-refractivity contribution in [3.63, 3.8) is 0 Å². The summed E-state index contributed by atoms with van der Waals surface area (Å²) in [5.41, 5.74) is 6.59. The molecule has 0 spiro atoms. The van der Waals surface area contributed by atoms with Crippen molar-refractivity contribution in [1.82, 2.24) is 9.97 Å². The summed E-state index contributed by atoms with van der Waals surface area (Å²) in [5.74, 6) is 0.0940. The van der Waals surface area contributed by atoms with Crippen LogP contribution < -0.4 is 5.73 Å². The van der Waals surface area contributed by atoms with Crippen LogP contribution in [0.4, 0.5) is 4.39 Å². The topological polar surface area (TPSA) is 54.7 Å². The zero-order chi connectivity index (χ0) is 11.7. The molecular formula is C10H8Cl2FN3. The Balaban J connectivity index is 2.49. The largest absolute Gasteiger partial charge is 0.331 e. The molecule has 0 bridgehead atoms. The molecule has 16 heavy (non-hydrogen) atoms. The number of benzene rings is 1. The molecule has 3 N–H and O–H groups in total. The molecule has 0 amide bonds. The van der Waals surface area contributed by atoms with Gasteiger partial charge in [0.05, 0.1) is 11.6 Å². The second-order valence-corrected chi connectivity index (χ2v) is 3.96. The van der Waals surface area contributed by atoms with Gasteiger partial charge < -0.3 is 10.7 Å². The Bertz CT molecular complexity index is 525. The number of nitrogens with two attached hydrogens (primary N) is 1. The van der Waals surface area contributed by atoms with Crippen molar-refractivity contribution in [3.05, 3.63) is 40.0 Å². The molecule has 84 valence electrons. The standard InChI is InChI=1S/C10H8Cl2FN3/c11-6-3-5(1-2-7(6)13)9-10(12)16-8(4-14)15-9/h1-3H,4,14H2,(H,15,16). The van der Waals surface area contributed by atoms with Crippen LogP contribution in [0.3, 0.4) is 0 Å². The number of nitrogens with zero attached hydrogens (tertiary/aromatic N) is 1.